The van der Waals surface area contributed by atoms with Crippen molar-refractivity contribution in [3.8, 4) is 0 Å². The number of H-pyrrole nitrogens is 1. The van der Waals surface area contributed by atoms with Crippen LogP contribution in [-0.2, 0) is 16.8 Å². The van der Waals surface area contributed by atoms with Crippen molar-refractivity contribution in [1.82, 2.24) is 10.2 Å². The monoisotopic (exact) mass is 195 g/mol. The lowest BCUT2D eigenvalue weighted by Gasteiger charge is -2.04. The standard InChI is InChI=1S/C8H8N2O2S/c11-13(12)5-6-1-2-8-7(3-6)4-9-10-8/h1-4H,5H2,(H,9,10)(H,11,12)/p-1. The highest BCUT2D eigenvalue weighted by molar-refractivity contribution is 7.78. The van der Waals surface area contributed by atoms with Gasteiger partial charge in [0, 0.05) is 11.1 Å². The molecule has 1 aromatic carbocycles. The summed E-state index contributed by atoms with van der Waals surface area (Å²) < 4.78 is 20.8. The summed E-state index contributed by atoms with van der Waals surface area (Å²) in [5, 5.41) is 7.57. The molecule has 5 heteroatoms. The molecule has 2 rings (SSSR count). The minimum Gasteiger partial charge on any atom is -0.772 e. The molecule has 0 bridgehead atoms. The van der Waals surface area contributed by atoms with E-state index in [9.17, 15) is 8.76 Å². The lowest BCUT2D eigenvalue weighted by molar-refractivity contribution is 0.536. The van der Waals surface area contributed by atoms with Crippen LogP contribution in [0.15, 0.2) is 24.4 Å². The van der Waals surface area contributed by atoms with Crippen molar-refractivity contribution >= 4 is 22.0 Å². The molecule has 0 aliphatic carbocycles. The molecular weight excluding hydrogens is 188 g/mol. The van der Waals surface area contributed by atoms with Gasteiger partial charge in [-0.25, -0.2) is 0 Å². The average Bonchev–Trinajstić information content (AvgIpc) is 2.49. The third-order valence-electron chi connectivity index (χ3n) is 1.79. The fourth-order valence-electron chi connectivity index (χ4n) is 1.22. The number of aromatic nitrogens is 2. The van der Waals surface area contributed by atoms with Crippen LogP contribution in [0, 0.1) is 0 Å². The Morgan fingerprint density at radius 1 is 1.54 bits per heavy atom. The van der Waals surface area contributed by atoms with Gasteiger partial charge in [-0.3, -0.25) is 9.31 Å². The molecule has 0 aliphatic heterocycles. The molecule has 0 saturated carbocycles. The van der Waals surface area contributed by atoms with Gasteiger partial charge >= 0.3 is 0 Å². The first-order valence-corrected chi connectivity index (χ1v) is 4.98. The van der Waals surface area contributed by atoms with Gasteiger partial charge in [-0.05, 0) is 17.7 Å². The smallest absolute Gasteiger partial charge is 0.0650 e. The quantitative estimate of drug-likeness (QED) is 0.725. The Balaban J connectivity index is 2.42. The van der Waals surface area contributed by atoms with E-state index in [0.717, 1.165) is 16.5 Å². The summed E-state index contributed by atoms with van der Waals surface area (Å²) in [5.41, 5.74) is 1.70. The van der Waals surface area contributed by atoms with Crippen molar-refractivity contribution in [2.24, 2.45) is 0 Å². The highest BCUT2D eigenvalue weighted by atomic mass is 32.2. The van der Waals surface area contributed by atoms with E-state index in [-0.39, 0.29) is 5.75 Å². The Morgan fingerprint density at radius 2 is 2.38 bits per heavy atom. The maximum absolute atomic E-state index is 10.4. The number of aromatic amines is 1. The van der Waals surface area contributed by atoms with Gasteiger partial charge in [-0.15, -0.1) is 0 Å². The highest BCUT2D eigenvalue weighted by Gasteiger charge is 1.97. The average molecular weight is 195 g/mol. The molecule has 0 aliphatic rings. The Hall–Kier alpha value is -1.20. The summed E-state index contributed by atoms with van der Waals surface area (Å²) >= 11 is -2.03. The topological polar surface area (TPSA) is 68.8 Å². The molecule has 1 N–H and O–H groups in total. The van der Waals surface area contributed by atoms with Crippen molar-refractivity contribution < 1.29 is 8.76 Å². The summed E-state index contributed by atoms with van der Waals surface area (Å²) in [6.45, 7) is 0. The van der Waals surface area contributed by atoms with E-state index in [1.54, 1.807) is 12.3 Å². The van der Waals surface area contributed by atoms with Crippen molar-refractivity contribution in [2.75, 3.05) is 0 Å². The zero-order chi connectivity index (χ0) is 9.26. The van der Waals surface area contributed by atoms with Gasteiger partial charge in [-0.1, -0.05) is 17.1 Å². The molecule has 0 radical (unpaired) electrons. The molecular formula is C8H7N2O2S-. The van der Waals surface area contributed by atoms with Crippen molar-refractivity contribution in [3.05, 3.63) is 30.0 Å². The van der Waals surface area contributed by atoms with Gasteiger partial charge in [-0.2, -0.15) is 5.10 Å². The van der Waals surface area contributed by atoms with Crippen LogP contribution >= 0.6 is 0 Å². The van der Waals surface area contributed by atoms with Crippen LogP contribution in [0.25, 0.3) is 10.9 Å². The fourth-order valence-corrected chi connectivity index (χ4v) is 1.67. The van der Waals surface area contributed by atoms with E-state index in [2.05, 4.69) is 10.2 Å². The summed E-state index contributed by atoms with van der Waals surface area (Å²) in [4.78, 5) is 0. The zero-order valence-corrected chi connectivity index (χ0v) is 7.50. The molecule has 0 spiro atoms. The number of nitrogens with one attached hydrogen (secondary N) is 1. The maximum Gasteiger partial charge on any atom is 0.0650 e. The van der Waals surface area contributed by atoms with Crippen LogP contribution in [0.2, 0.25) is 0 Å². The van der Waals surface area contributed by atoms with Crippen LogP contribution in [0.4, 0.5) is 0 Å². The van der Waals surface area contributed by atoms with E-state index in [1.807, 2.05) is 12.1 Å². The second-order valence-corrected chi connectivity index (χ2v) is 3.64. The van der Waals surface area contributed by atoms with Gasteiger partial charge in [0.2, 0.25) is 0 Å². The van der Waals surface area contributed by atoms with E-state index < -0.39 is 11.1 Å². The third-order valence-corrected chi connectivity index (χ3v) is 2.36. The summed E-state index contributed by atoms with van der Waals surface area (Å²) in [7, 11) is 0. The second kappa shape index (κ2) is 3.27. The number of benzene rings is 1. The molecule has 0 saturated heterocycles. The van der Waals surface area contributed by atoms with E-state index >= 15 is 0 Å². The van der Waals surface area contributed by atoms with Gasteiger partial charge < -0.3 is 4.55 Å². The van der Waals surface area contributed by atoms with Crippen molar-refractivity contribution in [3.63, 3.8) is 0 Å². The van der Waals surface area contributed by atoms with E-state index in [1.165, 1.54) is 0 Å². The molecule has 1 atom stereocenters. The highest BCUT2D eigenvalue weighted by Crippen LogP contribution is 2.13. The number of hydrogen-bond acceptors (Lipinski definition) is 3. The normalized spacial score (nSPS) is 13.3. The molecule has 0 fully saturated rings. The summed E-state index contributed by atoms with van der Waals surface area (Å²) in [5.74, 6) is 0.0567. The molecule has 1 aromatic heterocycles. The Bertz CT molecular complexity index is 452. The third kappa shape index (κ3) is 1.76. The molecule has 1 unspecified atom stereocenters. The van der Waals surface area contributed by atoms with Gasteiger partial charge in [0.05, 0.1) is 11.7 Å². The number of rotatable bonds is 2. The van der Waals surface area contributed by atoms with Crippen LogP contribution in [0.1, 0.15) is 5.56 Å². The molecule has 2 aromatic rings. The molecule has 68 valence electrons. The number of hydrogen-bond donors (Lipinski definition) is 1. The van der Waals surface area contributed by atoms with Crippen molar-refractivity contribution in [1.29, 1.82) is 0 Å². The second-order valence-electron chi connectivity index (χ2n) is 2.74. The predicted molar refractivity (Wildman–Crippen MR) is 48.7 cm³/mol. The van der Waals surface area contributed by atoms with E-state index in [0.29, 0.717) is 0 Å². The number of nitrogens with zero attached hydrogens (tertiary/aromatic N) is 1. The predicted octanol–water partition coefficient (Wildman–Crippen LogP) is 0.942. The first-order chi connectivity index (χ1) is 6.25. The number of fused-ring (bicyclic) bond motifs is 1. The first kappa shape index (κ1) is 8.40. The molecule has 13 heavy (non-hydrogen) atoms. The van der Waals surface area contributed by atoms with Crippen LogP contribution < -0.4 is 0 Å². The molecule has 4 nitrogen and oxygen atoms in total. The molecule has 0 amide bonds. The Labute approximate surface area is 77.3 Å². The van der Waals surface area contributed by atoms with E-state index in [4.69, 9.17) is 0 Å². The SMILES string of the molecule is O=S([O-])Cc1ccc2[nH]ncc2c1. The Morgan fingerprint density at radius 3 is 3.15 bits per heavy atom. The fraction of sp³-hybridized carbons (Fsp3) is 0.125. The van der Waals surface area contributed by atoms with Gasteiger partial charge in [0.25, 0.3) is 0 Å². The maximum atomic E-state index is 10.4. The first-order valence-electron chi connectivity index (χ1n) is 3.73. The van der Waals surface area contributed by atoms with Gasteiger partial charge in [0.1, 0.15) is 0 Å². The minimum atomic E-state index is -2.03. The summed E-state index contributed by atoms with van der Waals surface area (Å²) in [6, 6.07) is 5.41. The minimum absolute atomic E-state index is 0.0567. The lowest BCUT2D eigenvalue weighted by Crippen LogP contribution is -1.92. The largest absolute Gasteiger partial charge is 0.772 e. The lowest BCUT2D eigenvalue weighted by atomic mass is 10.2. The van der Waals surface area contributed by atoms with Gasteiger partial charge in [0.15, 0.2) is 0 Å². The van der Waals surface area contributed by atoms with Crippen LogP contribution in [-0.4, -0.2) is 19.0 Å². The Kier molecular flexibility index (Phi) is 2.12. The molecule has 1 heterocycles. The van der Waals surface area contributed by atoms with Crippen molar-refractivity contribution in [2.45, 2.75) is 5.75 Å². The zero-order valence-electron chi connectivity index (χ0n) is 6.69. The summed E-state index contributed by atoms with van der Waals surface area (Å²) in [6.07, 6.45) is 1.67. The van der Waals surface area contributed by atoms with Crippen LogP contribution in [0.3, 0.4) is 0 Å². The van der Waals surface area contributed by atoms with Crippen LogP contribution in [0.5, 0.6) is 0 Å².